The van der Waals surface area contributed by atoms with Gasteiger partial charge in [-0.2, -0.15) is 15.1 Å². The molecule has 2 aromatic rings. The van der Waals surface area contributed by atoms with Crippen LogP contribution in [0.3, 0.4) is 0 Å². The number of benzene rings is 1. The molecule has 9 heteroatoms. The number of nitrogens with one attached hydrogen (secondary N) is 1. The molecule has 3 heterocycles. The molecule has 1 aromatic heterocycles. The minimum Gasteiger partial charge on any atom is -0.316 e. The van der Waals surface area contributed by atoms with Crippen molar-refractivity contribution in [2.45, 2.75) is 27.7 Å². The lowest BCUT2D eigenvalue weighted by molar-refractivity contribution is -0.114. The first-order chi connectivity index (χ1) is 14.2. The minimum absolute atomic E-state index is 0.0266. The van der Waals surface area contributed by atoms with Crippen molar-refractivity contribution in [3.05, 3.63) is 56.8 Å². The first kappa shape index (κ1) is 20.9. The first-order valence-corrected chi connectivity index (χ1v) is 10.9. The zero-order valence-corrected chi connectivity index (χ0v) is 19.2. The smallest absolute Gasteiger partial charge is 0.283 e. The van der Waals surface area contributed by atoms with Crippen LogP contribution in [0.15, 0.2) is 39.9 Å². The highest BCUT2D eigenvalue weighted by Crippen LogP contribution is 2.34. The summed E-state index contributed by atoms with van der Waals surface area (Å²) in [4.78, 5) is 16.8. The van der Waals surface area contributed by atoms with Gasteiger partial charge in [-0.1, -0.05) is 43.1 Å². The number of hydrogen-bond acceptors (Lipinski definition) is 4. The molecule has 6 nitrogen and oxygen atoms in total. The van der Waals surface area contributed by atoms with Gasteiger partial charge in [0, 0.05) is 17.3 Å². The fourth-order valence-electron chi connectivity index (χ4n) is 3.37. The maximum atomic E-state index is 12.7. The van der Waals surface area contributed by atoms with Crippen molar-refractivity contribution in [3.63, 3.8) is 0 Å². The number of amidine groups is 2. The molecule has 4 rings (SSSR count). The lowest BCUT2D eigenvalue weighted by Gasteiger charge is -2.20. The summed E-state index contributed by atoms with van der Waals surface area (Å²) in [6.07, 6.45) is 1.69. The number of hydrogen-bond donors (Lipinski definition) is 1. The zero-order valence-electron chi connectivity index (χ0n) is 16.8. The molecule has 0 saturated carbocycles. The SMILES string of the molecule is Cc1cc(/C=C2\C(=N)N3N=C(C(C)C)SC3=NC2=O)c(C)n1-c1cccc(Cl)c1Cl. The molecular formula is C21H19Cl2N5OS. The number of rotatable bonds is 3. The van der Waals surface area contributed by atoms with Gasteiger partial charge in [0.2, 0.25) is 5.17 Å². The van der Waals surface area contributed by atoms with Crippen LogP contribution in [0.5, 0.6) is 0 Å². The summed E-state index contributed by atoms with van der Waals surface area (Å²) in [7, 11) is 0. The number of amides is 1. The van der Waals surface area contributed by atoms with E-state index in [0.717, 1.165) is 27.7 Å². The highest BCUT2D eigenvalue weighted by Gasteiger charge is 2.36. The average molecular weight is 460 g/mol. The van der Waals surface area contributed by atoms with E-state index in [1.165, 1.54) is 16.8 Å². The van der Waals surface area contributed by atoms with Gasteiger partial charge in [0.25, 0.3) is 5.91 Å². The van der Waals surface area contributed by atoms with Crippen molar-refractivity contribution in [1.29, 1.82) is 5.41 Å². The van der Waals surface area contributed by atoms with Gasteiger partial charge in [-0.3, -0.25) is 10.2 Å². The van der Waals surface area contributed by atoms with Crippen LogP contribution in [0, 0.1) is 25.2 Å². The van der Waals surface area contributed by atoms with Crippen LogP contribution in [0.25, 0.3) is 11.8 Å². The van der Waals surface area contributed by atoms with E-state index in [1.807, 2.05) is 50.5 Å². The highest BCUT2D eigenvalue weighted by atomic mass is 35.5. The summed E-state index contributed by atoms with van der Waals surface area (Å²) in [6.45, 7) is 7.92. The molecule has 2 aliphatic rings. The van der Waals surface area contributed by atoms with E-state index in [1.54, 1.807) is 12.1 Å². The standard InChI is InChI=1S/C21H19Cl2N5OS/c1-10(2)20-26-28-18(24)14(19(29)25-21(28)30-20)9-13-8-11(3)27(12(13)4)16-7-5-6-15(22)17(16)23/h5-10,24H,1-4H3/b14-9+,24-18?. The van der Waals surface area contributed by atoms with Gasteiger partial charge in [-0.15, -0.1) is 0 Å². The molecule has 0 bridgehead atoms. The third kappa shape index (κ3) is 3.41. The number of carbonyl (C=O) groups is 1. The van der Waals surface area contributed by atoms with Crippen LogP contribution >= 0.6 is 35.0 Å². The lowest BCUT2D eigenvalue weighted by atomic mass is 10.1. The van der Waals surface area contributed by atoms with Gasteiger partial charge in [0.15, 0.2) is 5.84 Å². The summed E-state index contributed by atoms with van der Waals surface area (Å²) >= 11 is 13.9. The molecule has 0 saturated heterocycles. The predicted octanol–water partition coefficient (Wildman–Crippen LogP) is 5.68. The number of halogens is 2. The average Bonchev–Trinajstić information content (AvgIpc) is 3.23. The fourth-order valence-corrected chi connectivity index (χ4v) is 4.64. The summed E-state index contributed by atoms with van der Waals surface area (Å²) in [5.41, 5.74) is 3.57. The van der Waals surface area contributed by atoms with Gasteiger partial charge in [0.1, 0.15) is 5.04 Å². The minimum atomic E-state index is -0.440. The third-order valence-corrected chi connectivity index (χ3v) is 6.92. The summed E-state index contributed by atoms with van der Waals surface area (Å²) in [5, 5.41) is 16.6. The number of aryl methyl sites for hydroxylation is 1. The van der Waals surface area contributed by atoms with E-state index in [9.17, 15) is 4.79 Å². The van der Waals surface area contributed by atoms with Crippen LogP contribution in [-0.4, -0.2) is 31.5 Å². The molecule has 2 aliphatic heterocycles. The normalized spacial score (nSPS) is 17.7. The molecule has 1 aromatic carbocycles. The van der Waals surface area contributed by atoms with Gasteiger partial charge in [-0.05, 0) is 55.4 Å². The number of hydrazone groups is 1. The van der Waals surface area contributed by atoms with E-state index in [-0.39, 0.29) is 17.3 Å². The second-order valence-corrected chi connectivity index (χ2v) is 9.12. The van der Waals surface area contributed by atoms with E-state index in [4.69, 9.17) is 28.6 Å². The van der Waals surface area contributed by atoms with Crippen LogP contribution < -0.4 is 0 Å². The van der Waals surface area contributed by atoms with Crippen LogP contribution in [-0.2, 0) is 4.79 Å². The van der Waals surface area contributed by atoms with E-state index in [2.05, 4.69) is 10.1 Å². The Kier molecular flexibility index (Phi) is 5.38. The second-order valence-electron chi connectivity index (χ2n) is 7.35. The maximum Gasteiger partial charge on any atom is 0.283 e. The maximum absolute atomic E-state index is 12.7. The molecule has 1 amide bonds. The van der Waals surface area contributed by atoms with Crippen LogP contribution in [0.4, 0.5) is 0 Å². The molecule has 0 unspecified atom stereocenters. The molecule has 0 atom stereocenters. The van der Waals surface area contributed by atoms with Gasteiger partial charge >= 0.3 is 0 Å². The van der Waals surface area contributed by atoms with Crippen molar-refractivity contribution >= 4 is 63.0 Å². The van der Waals surface area contributed by atoms with Gasteiger partial charge in [-0.25, -0.2) is 0 Å². The number of aliphatic imine (C=N–C) groups is 1. The van der Waals surface area contributed by atoms with Gasteiger partial charge < -0.3 is 4.57 Å². The molecule has 30 heavy (non-hydrogen) atoms. The lowest BCUT2D eigenvalue weighted by Crippen LogP contribution is -2.35. The molecule has 0 aliphatic carbocycles. The molecule has 0 fully saturated rings. The monoisotopic (exact) mass is 459 g/mol. The molecular weight excluding hydrogens is 441 g/mol. The Morgan fingerprint density at radius 1 is 1.23 bits per heavy atom. The van der Waals surface area contributed by atoms with Crippen LogP contribution in [0.1, 0.15) is 30.8 Å². The summed E-state index contributed by atoms with van der Waals surface area (Å²) in [6, 6.07) is 7.41. The Morgan fingerprint density at radius 2 is 1.97 bits per heavy atom. The molecule has 1 N–H and O–H groups in total. The largest absolute Gasteiger partial charge is 0.316 e. The van der Waals surface area contributed by atoms with E-state index >= 15 is 0 Å². The summed E-state index contributed by atoms with van der Waals surface area (Å²) in [5.74, 6) is -0.219. The van der Waals surface area contributed by atoms with Crippen LogP contribution in [0.2, 0.25) is 10.0 Å². The quantitative estimate of drug-likeness (QED) is 0.600. The Labute approximate surface area is 188 Å². The van der Waals surface area contributed by atoms with Crippen molar-refractivity contribution in [3.8, 4) is 5.69 Å². The number of fused-ring (bicyclic) bond motifs is 1. The van der Waals surface area contributed by atoms with Crippen molar-refractivity contribution in [2.24, 2.45) is 16.0 Å². The van der Waals surface area contributed by atoms with Crippen molar-refractivity contribution < 1.29 is 4.79 Å². The topological polar surface area (TPSA) is 73.8 Å². The number of aromatic nitrogens is 1. The number of nitrogens with zero attached hydrogens (tertiary/aromatic N) is 4. The zero-order chi connectivity index (χ0) is 21.7. The Hall–Kier alpha value is -2.35. The second kappa shape index (κ2) is 7.72. The highest BCUT2D eigenvalue weighted by molar-refractivity contribution is 8.27. The molecule has 154 valence electrons. The Balaban J connectivity index is 1.77. The molecule has 0 radical (unpaired) electrons. The van der Waals surface area contributed by atoms with Gasteiger partial charge in [0.05, 0.1) is 21.3 Å². The third-order valence-electron chi connectivity index (χ3n) is 4.91. The van der Waals surface area contributed by atoms with Crippen molar-refractivity contribution in [2.75, 3.05) is 0 Å². The molecule has 0 spiro atoms. The van der Waals surface area contributed by atoms with E-state index in [0.29, 0.717) is 15.2 Å². The fraction of sp³-hybridized carbons (Fsp3) is 0.238. The number of thioether (sulfide) groups is 1. The predicted molar refractivity (Wildman–Crippen MR) is 125 cm³/mol. The Bertz CT molecular complexity index is 1190. The van der Waals surface area contributed by atoms with Crippen molar-refractivity contribution in [1.82, 2.24) is 9.58 Å². The van der Waals surface area contributed by atoms with E-state index < -0.39 is 5.91 Å². The summed E-state index contributed by atoms with van der Waals surface area (Å²) < 4.78 is 1.98. The Morgan fingerprint density at radius 3 is 2.67 bits per heavy atom. The first-order valence-electron chi connectivity index (χ1n) is 9.32. The number of carbonyl (C=O) groups excluding carboxylic acids is 1.